The summed E-state index contributed by atoms with van der Waals surface area (Å²) in [7, 11) is 0. The number of hydrogen-bond donors (Lipinski definition) is 10. The van der Waals surface area contributed by atoms with Crippen LogP contribution in [0.15, 0.2) is 76.0 Å². The number of esters is 2. The van der Waals surface area contributed by atoms with Crippen LogP contribution in [0.3, 0.4) is 0 Å². The third kappa shape index (κ3) is 9.93. The van der Waals surface area contributed by atoms with Gasteiger partial charge in [-0.05, 0) is 54.1 Å². The summed E-state index contributed by atoms with van der Waals surface area (Å²) < 4.78 is 39.2. The Kier molecular flexibility index (Phi) is 13.2. The molecule has 0 unspecified atom stereocenters. The summed E-state index contributed by atoms with van der Waals surface area (Å²) in [5.74, 6) is -5.51. The van der Waals surface area contributed by atoms with E-state index in [1.165, 1.54) is 54.6 Å². The van der Waals surface area contributed by atoms with Crippen LogP contribution in [0.4, 0.5) is 0 Å². The first-order valence-electron chi connectivity index (χ1n) is 17.9. The summed E-state index contributed by atoms with van der Waals surface area (Å²) >= 11 is 0. The van der Waals surface area contributed by atoms with Gasteiger partial charge in [0.05, 0.1) is 5.56 Å². The molecule has 21 nitrogen and oxygen atoms in total. The molecule has 0 saturated carbocycles. The topological polar surface area (TPSA) is 339 Å². The van der Waals surface area contributed by atoms with Crippen molar-refractivity contribution < 1.29 is 98.3 Å². The first-order chi connectivity index (χ1) is 28.5. The molecular formula is C39H38O21. The maximum absolute atomic E-state index is 12.9. The van der Waals surface area contributed by atoms with Crippen LogP contribution in [-0.2, 0) is 33.3 Å². The molecule has 3 heterocycles. The summed E-state index contributed by atoms with van der Waals surface area (Å²) in [5.41, 5.74) is -0.211. The molecule has 2 fully saturated rings. The Morgan fingerprint density at radius 1 is 0.667 bits per heavy atom. The maximum Gasteiger partial charge on any atom is 0.330 e. The Morgan fingerprint density at radius 3 is 1.87 bits per heavy atom. The monoisotopic (exact) mass is 842 g/mol. The van der Waals surface area contributed by atoms with Crippen molar-refractivity contribution in [2.75, 3.05) is 13.2 Å². The Labute approximate surface area is 337 Å². The molecule has 60 heavy (non-hydrogen) atoms. The molecule has 6 rings (SSSR count). The standard InChI is InChI=1S/C39H38O21/c40-18-5-3-17(4-6-18)37-25(58-39-36(53)34(51)31(48)26(60-39)14-54-29(46)8-2-16-1-7-21(42)22(43)9-16)12-20-23(56-37)10-19(41)11-24(20)57-38-35(52)33(50)32(49)27(59-38)15-55-30(47)13-28(44)45/h1-12,26-27,31-36,38-40,42-43,48-53H,13-15H2,(H,44,45)/b8-2+/t26-,27-,31-,32-,33+,34+,35-,36-,38-,39-/m1/s1. The lowest BCUT2D eigenvalue weighted by molar-refractivity contribution is -0.278. The maximum atomic E-state index is 12.9. The highest BCUT2D eigenvalue weighted by Crippen LogP contribution is 2.43. The van der Waals surface area contributed by atoms with Gasteiger partial charge in [-0.1, -0.05) is 6.07 Å². The van der Waals surface area contributed by atoms with Crippen molar-refractivity contribution >= 4 is 24.0 Å². The van der Waals surface area contributed by atoms with E-state index in [1.807, 2.05) is 0 Å². The van der Waals surface area contributed by atoms with E-state index < -0.39 is 110 Å². The number of rotatable bonds is 13. The lowest BCUT2D eigenvalue weighted by Gasteiger charge is -2.40. The molecule has 0 spiro atoms. The van der Waals surface area contributed by atoms with Crippen LogP contribution >= 0.6 is 0 Å². The molecule has 4 aliphatic rings. The van der Waals surface area contributed by atoms with E-state index >= 15 is 0 Å². The van der Waals surface area contributed by atoms with Crippen LogP contribution < -0.4 is 14.9 Å². The average molecular weight is 843 g/mol. The van der Waals surface area contributed by atoms with Crippen LogP contribution in [0.5, 0.6) is 28.7 Å². The molecule has 10 atom stereocenters. The van der Waals surface area contributed by atoms with Crippen LogP contribution in [0, 0.1) is 0 Å². The fraction of sp³-hybridized carbons (Fsp3) is 0.333. The minimum absolute atomic E-state index is 0.0712. The predicted octanol–water partition coefficient (Wildman–Crippen LogP) is -0.824. The second-order valence-electron chi connectivity index (χ2n) is 13.6. The van der Waals surface area contributed by atoms with Crippen molar-refractivity contribution in [1.29, 1.82) is 0 Å². The third-order valence-electron chi connectivity index (χ3n) is 9.25. The first kappa shape index (κ1) is 43.3. The van der Waals surface area contributed by atoms with Crippen molar-refractivity contribution in [2.45, 2.75) is 67.8 Å². The minimum Gasteiger partial charge on any atom is -0.508 e. The van der Waals surface area contributed by atoms with Crippen molar-refractivity contribution in [3.8, 4) is 51.4 Å². The van der Waals surface area contributed by atoms with E-state index in [0.29, 0.717) is 5.56 Å². The Bertz CT molecular complexity index is 2240. The fourth-order valence-corrected chi connectivity index (χ4v) is 6.08. The number of carbonyl (C=O) groups excluding carboxylic acids is 2. The van der Waals surface area contributed by atoms with Gasteiger partial charge < -0.3 is 83.9 Å². The number of carboxylic acids is 1. The van der Waals surface area contributed by atoms with Gasteiger partial charge in [0.25, 0.3) is 0 Å². The zero-order valence-electron chi connectivity index (χ0n) is 30.8. The summed E-state index contributed by atoms with van der Waals surface area (Å²) in [6.45, 7) is -1.44. The van der Waals surface area contributed by atoms with Gasteiger partial charge in [0.15, 0.2) is 28.4 Å². The number of hydrogen-bond acceptors (Lipinski definition) is 20. The smallest absolute Gasteiger partial charge is 0.330 e. The van der Waals surface area contributed by atoms with E-state index in [9.17, 15) is 65.1 Å². The molecule has 3 aliphatic heterocycles. The second-order valence-corrected chi connectivity index (χ2v) is 13.6. The number of aliphatic hydroxyl groups is 6. The average Bonchev–Trinajstić information content (AvgIpc) is 3.20. The van der Waals surface area contributed by atoms with Crippen molar-refractivity contribution in [1.82, 2.24) is 0 Å². The molecule has 0 amide bonds. The van der Waals surface area contributed by atoms with E-state index in [-0.39, 0.29) is 45.6 Å². The number of phenols is 3. The normalized spacial score (nSPS) is 26.7. The van der Waals surface area contributed by atoms with Crippen molar-refractivity contribution in [3.63, 3.8) is 0 Å². The Balaban J connectivity index is 1.28. The quantitative estimate of drug-likeness (QED) is 0.0340. The number of aliphatic hydroxyl groups excluding tert-OH is 6. The van der Waals surface area contributed by atoms with E-state index in [4.69, 9.17) is 37.9 Å². The number of benzene rings is 3. The van der Waals surface area contributed by atoms with Gasteiger partial charge in [0.2, 0.25) is 12.6 Å². The highest BCUT2D eigenvalue weighted by Gasteiger charge is 2.47. The molecular weight excluding hydrogens is 804 g/mol. The van der Waals surface area contributed by atoms with Gasteiger partial charge in [-0.2, -0.15) is 0 Å². The third-order valence-corrected chi connectivity index (χ3v) is 9.25. The fourth-order valence-electron chi connectivity index (χ4n) is 6.08. The number of fused-ring (bicyclic) bond motifs is 1. The van der Waals surface area contributed by atoms with Gasteiger partial charge in [-0.15, -0.1) is 0 Å². The highest BCUT2D eigenvalue weighted by molar-refractivity contribution is 5.90. The zero-order chi connectivity index (χ0) is 43.4. The molecule has 2 aromatic rings. The van der Waals surface area contributed by atoms with Crippen molar-refractivity contribution in [3.05, 3.63) is 82.5 Å². The largest absolute Gasteiger partial charge is 0.508 e. The van der Waals surface area contributed by atoms with Gasteiger partial charge in [-0.25, -0.2) is 4.79 Å². The molecule has 0 radical (unpaired) electrons. The molecule has 0 aromatic heterocycles. The number of aliphatic carboxylic acids is 1. The van der Waals surface area contributed by atoms with E-state index in [1.54, 1.807) is 0 Å². The highest BCUT2D eigenvalue weighted by atomic mass is 16.7. The Hall–Kier alpha value is -6.30. The summed E-state index contributed by atoms with van der Waals surface area (Å²) in [6.07, 6.45) is -17.0. The van der Waals surface area contributed by atoms with Crippen LogP contribution in [0.1, 0.15) is 12.0 Å². The summed E-state index contributed by atoms with van der Waals surface area (Å²) in [4.78, 5) is 48.0. The number of carboxylic acid groups (broad SMARTS) is 1. The molecule has 2 aromatic carbocycles. The first-order valence-corrected chi connectivity index (χ1v) is 17.9. The van der Waals surface area contributed by atoms with Crippen molar-refractivity contribution in [2.24, 2.45) is 0 Å². The van der Waals surface area contributed by atoms with Gasteiger partial charge in [-0.3, -0.25) is 14.4 Å². The lowest BCUT2D eigenvalue weighted by Crippen LogP contribution is -2.60. The molecule has 10 N–H and O–H groups in total. The number of carbonyl (C=O) groups is 3. The van der Waals surface area contributed by atoms with Gasteiger partial charge in [0.1, 0.15) is 85.7 Å². The summed E-state index contributed by atoms with van der Waals surface area (Å²) in [5, 5.41) is 102. The number of ether oxygens (including phenoxy) is 6. The molecule has 1 aliphatic carbocycles. The molecule has 2 saturated heterocycles. The Morgan fingerprint density at radius 2 is 1.27 bits per heavy atom. The van der Waals surface area contributed by atoms with E-state index in [2.05, 4.69) is 0 Å². The molecule has 21 heteroatoms. The lowest BCUT2D eigenvalue weighted by atomic mass is 9.99. The minimum atomic E-state index is -1.97. The number of aromatic hydroxyl groups is 3. The second kappa shape index (κ2) is 18.3. The SMILES string of the molecule is O=C(O)CC(=O)OC[C@H]1O[C@@H](Oc2cc(=O)cc3oc(-c4ccc(O)cc4)c(O[C@@H]4O[C@H](COC(=O)/C=C/c5ccc(O)c(O)c5)[C@@H](O)[C@H](O)[C@H]4O)cc2-3)[C@H](O)[C@@H](O)[C@@H]1O. The van der Waals surface area contributed by atoms with Crippen LogP contribution in [0.2, 0.25) is 0 Å². The zero-order valence-corrected chi connectivity index (χ0v) is 30.8. The summed E-state index contributed by atoms with van der Waals surface area (Å²) in [6, 6.07) is 12.4. The number of phenolic OH excluding ortho intramolecular Hbond substituents is 3. The van der Waals surface area contributed by atoms with Gasteiger partial charge in [0, 0.05) is 23.8 Å². The van der Waals surface area contributed by atoms with Crippen LogP contribution in [-0.4, -0.2) is 144 Å². The molecule has 0 bridgehead atoms. The van der Waals surface area contributed by atoms with Crippen LogP contribution in [0.25, 0.3) is 28.7 Å². The molecule has 320 valence electrons. The predicted molar refractivity (Wildman–Crippen MR) is 196 cm³/mol. The van der Waals surface area contributed by atoms with E-state index in [0.717, 1.165) is 18.2 Å². The van der Waals surface area contributed by atoms with Gasteiger partial charge >= 0.3 is 17.9 Å².